The van der Waals surface area contributed by atoms with Gasteiger partial charge in [-0.15, -0.1) is 11.3 Å². The van der Waals surface area contributed by atoms with Crippen molar-refractivity contribution in [1.82, 2.24) is 15.2 Å². The van der Waals surface area contributed by atoms with Gasteiger partial charge in [0.25, 0.3) is 11.8 Å². The highest BCUT2D eigenvalue weighted by atomic mass is 32.2. The van der Waals surface area contributed by atoms with Gasteiger partial charge in [-0.3, -0.25) is 20.4 Å². The third-order valence-corrected chi connectivity index (χ3v) is 7.36. The molecule has 0 saturated carbocycles. The average Bonchev–Trinajstić information content (AvgIpc) is 3.21. The van der Waals surface area contributed by atoms with E-state index in [1.54, 1.807) is 17.5 Å². The molecule has 27 heavy (non-hydrogen) atoms. The van der Waals surface area contributed by atoms with Crippen LogP contribution in [0.4, 0.5) is 0 Å². The molecule has 1 atom stereocenters. The third-order valence-electron chi connectivity index (χ3n) is 4.48. The van der Waals surface area contributed by atoms with Crippen LogP contribution in [0.1, 0.15) is 46.2 Å². The highest BCUT2D eigenvalue weighted by molar-refractivity contribution is 7.89. The van der Waals surface area contributed by atoms with Crippen molar-refractivity contribution in [2.75, 3.05) is 6.54 Å². The van der Waals surface area contributed by atoms with Crippen molar-refractivity contribution >= 4 is 33.2 Å². The second kappa shape index (κ2) is 8.20. The minimum absolute atomic E-state index is 0.0636. The number of benzene rings is 1. The topological polar surface area (TPSA) is 95.6 Å². The Bertz CT molecular complexity index is 926. The first-order chi connectivity index (χ1) is 12.9. The molecular formula is C18H21N3O4S2. The summed E-state index contributed by atoms with van der Waals surface area (Å²) >= 11 is 1.25. The van der Waals surface area contributed by atoms with Gasteiger partial charge in [0.2, 0.25) is 10.0 Å². The van der Waals surface area contributed by atoms with Crippen molar-refractivity contribution < 1.29 is 18.0 Å². The summed E-state index contributed by atoms with van der Waals surface area (Å²) in [7, 11) is -3.67. The predicted molar refractivity (Wildman–Crippen MR) is 103 cm³/mol. The van der Waals surface area contributed by atoms with Gasteiger partial charge in [-0.25, -0.2) is 8.42 Å². The molecule has 1 aromatic heterocycles. The second-order valence-electron chi connectivity index (χ2n) is 6.37. The van der Waals surface area contributed by atoms with Gasteiger partial charge in [-0.1, -0.05) is 18.6 Å². The number of piperidine rings is 1. The number of carbonyl (C=O) groups is 2. The van der Waals surface area contributed by atoms with Crippen LogP contribution in [0, 0.1) is 0 Å². The maximum Gasteiger partial charge on any atom is 0.279 e. The van der Waals surface area contributed by atoms with E-state index in [2.05, 4.69) is 10.9 Å². The van der Waals surface area contributed by atoms with E-state index in [0.717, 1.165) is 19.3 Å². The minimum Gasteiger partial charge on any atom is -0.267 e. The molecule has 1 fully saturated rings. The van der Waals surface area contributed by atoms with Crippen LogP contribution in [0.25, 0.3) is 0 Å². The molecule has 7 nitrogen and oxygen atoms in total. The molecule has 9 heteroatoms. The van der Waals surface area contributed by atoms with E-state index in [0.29, 0.717) is 11.4 Å². The SMILES string of the molecule is C[C@H]1CCCCN1S(=O)(=O)c1cccc(C(=O)NNC(=O)c2cccs2)c1. The lowest BCUT2D eigenvalue weighted by Gasteiger charge is -2.32. The predicted octanol–water partition coefficient (Wildman–Crippen LogP) is 2.39. The summed E-state index contributed by atoms with van der Waals surface area (Å²) in [5.41, 5.74) is 4.80. The quantitative estimate of drug-likeness (QED) is 0.761. The molecule has 2 N–H and O–H groups in total. The van der Waals surface area contributed by atoms with Gasteiger partial charge in [0, 0.05) is 18.2 Å². The summed E-state index contributed by atoms with van der Waals surface area (Å²) in [6, 6.07) is 9.16. The zero-order valence-electron chi connectivity index (χ0n) is 14.8. The monoisotopic (exact) mass is 407 g/mol. The van der Waals surface area contributed by atoms with Gasteiger partial charge < -0.3 is 0 Å². The molecule has 2 heterocycles. The normalized spacial score (nSPS) is 18.0. The summed E-state index contributed by atoms with van der Waals surface area (Å²) in [6.45, 7) is 2.38. The highest BCUT2D eigenvalue weighted by Crippen LogP contribution is 2.25. The Morgan fingerprint density at radius 3 is 2.59 bits per heavy atom. The lowest BCUT2D eigenvalue weighted by atomic mass is 10.1. The summed E-state index contributed by atoms with van der Waals surface area (Å²) in [5, 5.41) is 1.76. The number of nitrogens with zero attached hydrogens (tertiary/aromatic N) is 1. The number of amides is 2. The summed E-state index contributed by atoms with van der Waals surface area (Å²) < 4.78 is 27.3. The maximum absolute atomic E-state index is 12.9. The van der Waals surface area contributed by atoms with Gasteiger partial charge in [0.15, 0.2) is 0 Å². The van der Waals surface area contributed by atoms with Crippen LogP contribution in [0.2, 0.25) is 0 Å². The summed E-state index contributed by atoms with van der Waals surface area (Å²) in [4.78, 5) is 24.7. The van der Waals surface area contributed by atoms with Gasteiger partial charge in [0.1, 0.15) is 0 Å². The lowest BCUT2D eigenvalue weighted by Crippen LogP contribution is -2.42. The van der Waals surface area contributed by atoms with Crippen molar-refractivity contribution in [3.63, 3.8) is 0 Å². The van der Waals surface area contributed by atoms with E-state index in [1.807, 2.05) is 6.92 Å². The number of nitrogens with one attached hydrogen (secondary N) is 2. The molecule has 144 valence electrons. The Labute approximate surface area is 162 Å². The van der Waals surface area contributed by atoms with E-state index in [4.69, 9.17) is 0 Å². The summed E-state index contributed by atoms with van der Waals surface area (Å²) in [6.07, 6.45) is 2.67. The van der Waals surface area contributed by atoms with Gasteiger partial charge >= 0.3 is 0 Å². The van der Waals surface area contributed by atoms with Crippen molar-refractivity contribution in [2.24, 2.45) is 0 Å². The van der Waals surface area contributed by atoms with E-state index in [1.165, 1.54) is 39.9 Å². The molecule has 0 radical (unpaired) electrons. The average molecular weight is 408 g/mol. The zero-order valence-corrected chi connectivity index (χ0v) is 16.5. The fourth-order valence-electron chi connectivity index (χ4n) is 3.02. The molecule has 1 aliphatic rings. The van der Waals surface area contributed by atoms with Crippen LogP contribution >= 0.6 is 11.3 Å². The molecule has 0 spiro atoms. The van der Waals surface area contributed by atoms with Crippen LogP contribution < -0.4 is 10.9 Å². The minimum atomic E-state index is -3.67. The number of carbonyl (C=O) groups excluding carboxylic acids is 2. The first-order valence-corrected chi connectivity index (χ1v) is 11.0. The van der Waals surface area contributed by atoms with Crippen LogP contribution in [0.15, 0.2) is 46.7 Å². The second-order valence-corrected chi connectivity index (χ2v) is 9.21. The summed E-state index contributed by atoms with van der Waals surface area (Å²) in [5.74, 6) is -1.01. The Balaban J connectivity index is 1.72. The smallest absolute Gasteiger partial charge is 0.267 e. The van der Waals surface area contributed by atoms with Crippen LogP contribution in [0.5, 0.6) is 0 Å². The number of hydrogen-bond acceptors (Lipinski definition) is 5. The maximum atomic E-state index is 12.9. The molecule has 0 unspecified atom stereocenters. The number of sulfonamides is 1. The van der Waals surface area contributed by atoms with Gasteiger partial charge in [0.05, 0.1) is 9.77 Å². The van der Waals surface area contributed by atoms with Crippen molar-refractivity contribution in [3.05, 3.63) is 52.2 Å². The van der Waals surface area contributed by atoms with E-state index in [9.17, 15) is 18.0 Å². The Hall–Kier alpha value is -2.23. The van der Waals surface area contributed by atoms with Crippen LogP contribution in [-0.2, 0) is 10.0 Å². The van der Waals surface area contributed by atoms with E-state index >= 15 is 0 Å². The fraction of sp³-hybridized carbons (Fsp3) is 0.333. The first-order valence-electron chi connectivity index (χ1n) is 8.65. The molecule has 1 saturated heterocycles. The molecule has 0 aliphatic carbocycles. The molecule has 0 bridgehead atoms. The number of hydrazine groups is 1. The van der Waals surface area contributed by atoms with Gasteiger partial charge in [-0.05, 0) is 49.4 Å². The van der Waals surface area contributed by atoms with E-state index < -0.39 is 21.8 Å². The molecule has 1 aliphatic heterocycles. The van der Waals surface area contributed by atoms with Crippen molar-refractivity contribution in [2.45, 2.75) is 37.1 Å². The molecular weight excluding hydrogens is 386 g/mol. The fourth-order valence-corrected chi connectivity index (χ4v) is 5.38. The molecule has 2 aromatic rings. The van der Waals surface area contributed by atoms with Crippen LogP contribution in [0.3, 0.4) is 0 Å². The molecule has 3 rings (SSSR count). The third kappa shape index (κ3) is 4.37. The first kappa shape index (κ1) is 19.5. The van der Waals surface area contributed by atoms with Crippen molar-refractivity contribution in [3.8, 4) is 0 Å². The van der Waals surface area contributed by atoms with Gasteiger partial charge in [-0.2, -0.15) is 4.31 Å². The number of hydrogen-bond donors (Lipinski definition) is 2. The number of thiophene rings is 1. The Morgan fingerprint density at radius 1 is 1.11 bits per heavy atom. The zero-order chi connectivity index (χ0) is 19.4. The van der Waals surface area contributed by atoms with Crippen LogP contribution in [-0.4, -0.2) is 37.1 Å². The standard InChI is InChI=1S/C18H21N3O4S2/c1-13-6-2-3-10-21(13)27(24,25)15-8-4-7-14(12-15)17(22)19-20-18(23)16-9-5-11-26-16/h4-5,7-9,11-13H,2-3,6,10H2,1H3,(H,19,22)(H,20,23)/t13-/m0/s1. The largest absolute Gasteiger partial charge is 0.279 e. The molecule has 2 amide bonds. The van der Waals surface area contributed by atoms with Crippen molar-refractivity contribution in [1.29, 1.82) is 0 Å². The number of rotatable bonds is 4. The van der Waals surface area contributed by atoms with E-state index in [-0.39, 0.29) is 16.5 Å². The lowest BCUT2D eigenvalue weighted by molar-refractivity contribution is 0.0848. The molecule has 1 aromatic carbocycles. The Kier molecular flexibility index (Phi) is 5.93. The Morgan fingerprint density at radius 2 is 1.89 bits per heavy atom. The highest BCUT2D eigenvalue weighted by Gasteiger charge is 2.31.